The zero-order valence-corrected chi connectivity index (χ0v) is 7.56. The number of sulfone groups is 1. The van der Waals surface area contributed by atoms with Gasteiger partial charge in [0.2, 0.25) is 9.84 Å². The average Bonchev–Trinajstić information content (AvgIpc) is 2.09. The van der Waals surface area contributed by atoms with Crippen LogP contribution in [-0.2, 0) is 9.84 Å². The summed E-state index contributed by atoms with van der Waals surface area (Å²) in [7, 11) is -4.75. The van der Waals surface area contributed by atoms with E-state index in [0.717, 1.165) is 12.1 Å². The van der Waals surface area contributed by atoms with E-state index in [4.69, 9.17) is 5.73 Å². The van der Waals surface area contributed by atoms with Crippen molar-refractivity contribution in [2.24, 2.45) is 0 Å². The van der Waals surface area contributed by atoms with Crippen molar-refractivity contribution in [2.45, 2.75) is 10.7 Å². The maximum Gasteiger partial charge on any atom is 0.341 e. The van der Waals surface area contributed by atoms with Crippen molar-refractivity contribution in [2.75, 3.05) is 5.73 Å². The smallest absolute Gasteiger partial charge is 0.341 e. The second-order valence-electron chi connectivity index (χ2n) is 2.49. The Morgan fingerprint density at radius 2 is 1.86 bits per heavy atom. The first-order chi connectivity index (χ1) is 6.35. The maximum absolute atomic E-state index is 12.7. The molecular formula is C7H6F3NO2S. The lowest BCUT2D eigenvalue weighted by Gasteiger charge is -2.03. The van der Waals surface area contributed by atoms with Crippen LogP contribution in [-0.4, -0.2) is 14.2 Å². The van der Waals surface area contributed by atoms with Gasteiger partial charge in [-0.2, -0.15) is 8.78 Å². The van der Waals surface area contributed by atoms with Crippen LogP contribution in [0, 0.1) is 5.82 Å². The second-order valence-corrected chi connectivity index (χ2v) is 4.41. The number of nitrogens with two attached hydrogens (primary N) is 1. The molecule has 7 heteroatoms. The third kappa shape index (κ3) is 1.82. The summed E-state index contributed by atoms with van der Waals surface area (Å²) >= 11 is 0. The first-order valence-electron chi connectivity index (χ1n) is 3.43. The third-order valence-electron chi connectivity index (χ3n) is 1.54. The van der Waals surface area contributed by atoms with E-state index in [-0.39, 0.29) is 5.69 Å². The van der Waals surface area contributed by atoms with Crippen molar-refractivity contribution in [3.8, 4) is 0 Å². The van der Waals surface area contributed by atoms with Crippen molar-refractivity contribution < 1.29 is 21.6 Å². The molecule has 3 nitrogen and oxygen atoms in total. The highest BCUT2D eigenvalue weighted by molar-refractivity contribution is 7.91. The SMILES string of the molecule is Nc1ccc(S(=O)(=O)C(F)F)cc1F. The first-order valence-corrected chi connectivity index (χ1v) is 4.97. The summed E-state index contributed by atoms with van der Waals surface area (Å²) in [4.78, 5) is -0.779. The number of rotatable bonds is 2. The summed E-state index contributed by atoms with van der Waals surface area (Å²) in [6, 6.07) is 2.22. The fraction of sp³-hybridized carbons (Fsp3) is 0.143. The first kappa shape index (κ1) is 10.8. The van der Waals surface area contributed by atoms with Crippen molar-refractivity contribution in [1.29, 1.82) is 0 Å². The number of nitrogen functional groups attached to an aromatic ring is 1. The predicted octanol–water partition coefficient (Wildman–Crippen LogP) is 1.40. The second kappa shape index (κ2) is 3.49. The van der Waals surface area contributed by atoms with E-state index in [9.17, 15) is 21.6 Å². The molecule has 78 valence electrons. The molecule has 0 aromatic heterocycles. The summed E-state index contributed by atoms with van der Waals surface area (Å²) in [5.74, 6) is -4.60. The van der Waals surface area contributed by atoms with Gasteiger partial charge in [-0.25, -0.2) is 12.8 Å². The van der Waals surface area contributed by atoms with Crippen LogP contribution in [0.25, 0.3) is 0 Å². The molecule has 0 aliphatic carbocycles. The molecule has 0 unspecified atom stereocenters. The lowest BCUT2D eigenvalue weighted by atomic mass is 10.3. The Balaban J connectivity index is 3.29. The fourth-order valence-corrected chi connectivity index (χ4v) is 1.52. The Labute approximate surface area is 78.3 Å². The minimum Gasteiger partial charge on any atom is -0.396 e. The Morgan fingerprint density at radius 1 is 1.29 bits per heavy atom. The van der Waals surface area contributed by atoms with Gasteiger partial charge in [-0.1, -0.05) is 0 Å². The lowest BCUT2D eigenvalue weighted by molar-refractivity contribution is 0.234. The molecule has 1 aromatic rings. The highest BCUT2D eigenvalue weighted by Crippen LogP contribution is 2.21. The third-order valence-corrected chi connectivity index (χ3v) is 2.92. The monoisotopic (exact) mass is 225 g/mol. The fourth-order valence-electron chi connectivity index (χ4n) is 0.788. The molecule has 0 bridgehead atoms. The topological polar surface area (TPSA) is 60.2 Å². The van der Waals surface area contributed by atoms with Crippen LogP contribution < -0.4 is 5.73 Å². The quantitative estimate of drug-likeness (QED) is 0.774. The van der Waals surface area contributed by atoms with Gasteiger partial charge in [-0.05, 0) is 18.2 Å². The van der Waals surface area contributed by atoms with Crippen LogP contribution in [0.2, 0.25) is 0 Å². The van der Waals surface area contributed by atoms with Crippen molar-refractivity contribution >= 4 is 15.5 Å². The minimum atomic E-state index is -4.75. The van der Waals surface area contributed by atoms with Gasteiger partial charge in [0.1, 0.15) is 5.82 Å². The molecule has 0 saturated heterocycles. The molecule has 1 aromatic carbocycles. The van der Waals surface area contributed by atoms with Crippen LogP contribution >= 0.6 is 0 Å². The molecule has 0 heterocycles. The summed E-state index contributed by atoms with van der Waals surface area (Å²) in [6.07, 6.45) is 0. The van der Waals surface area contributed by atoms with Gasteiger partial charge < -0.3 is 5.73 Å². The summed E-state index contributed by atoms with van der Waals surface area (Å²) in [5.41, 5.74) is 4.76. The number of hydrogen-bond acceptors (Lipinski definition) is 3. The van der Waals surface area contributed by atoms with Gasteiger partial charge >= 0.3 is 5.76 Å². The van der Waals surface area contributed by atoms with E-state index in [2.05, 4.69) is 0 Å². The Hall–Kier alpha value is -1.24. The van der Waals surface area contributed by atoms with Gasteiger partial charge in [0.15, 0.2) is 0 Å². The van der Waals surface area contributed by atoms with Crippen molar-refractivity contribution in [1.82, 2.24) is 0 Å². The molecule has 1 rings (SSSR count). The van der Waals surface area contributed by atoms with Crippen molar-refractivity contribution in [3.05, 3.63) is 24.0 Å². The van der Waals surface area contributed by atoms with Crippen LogP contribution in [0.3, 0.4) is 0 Å². The van der Waals surface area contributed by atoms with E-state index in [1.165, 1.54) is 0 Å². The van der Waals surface area contributed by atoms with Gasteiger partial charge in [0, 0.05) is 0 Å². The molecule has 2 N–H and O–H groups in total. The van der Waals surface area contributed by atoms with Gasteiger partial charge in [-0.15, -0.1) is 0 Å². The highest BCUT2D eigenvalue weighted by atomic mass is 32.2. The van der Waals surface area contributed by atoms with Gasteiger partial charge in [0.25, 0.3) is 0 Å². The van der Waals surface area contributed by atoms with Crippen LogP contribution in [0.5, 0.6) is 0 Å². The molecule has 14 heavy (non-hydrogen) atoms. The van der Waals surface area contributed by atoms with Crippen LogP contribution in [0.1, 0.15) is 0 Å². The molecule has 0 atom stereocenters. The van der Waals surface area contributed by atoms with E-state index < -0.39 is 26.3 Å². The van der Waals surface area contributed by atoms with Crippen molar-refractivity contribution in [3.63, 3.8) is 0 Å². The predicted molar refractivity (Wildman–Crippen MR) is 44.0 cm³/mol. The Kier molecular flexibility index (Phi) is 2.70. The molecule has 0 spiro atoms. The number of halogens is 3. The number of benzene rings is 1. The number of hydrogen-bond donors (Lipinski definition) is 1. The number of alkyl halides is 2. The molecule has 0 aliphatic heterocycles. The lowest BCUT2D eigenvalue weighted by Crippen LogP contribution is -2.11. The molecule has 0 amide bonds. The van der Waals surface area contributed by atoms with Crippen LogP contribution in [0.4, 0.5) is 18.9 Å². The minimum absolute atomic E-state index is 0.293. The summed E-state index contributed by atoms with van der Waals surface area (Å²) < 4.78 is 58.4. The van der Waals surface area contributed by atoms with E-state index in [1.54, 1.807) is 0 Å². The average molecular weight is 225 g/mol. The van der Waals surface area contributed by atoms with Gasteiger partial charge in [0.05, 0.1) is 10.6 Å². The van der Waals surface area contributed by atoms with E-state index >= 15 is 0 Å². The zero-order chi connectivity index (χ0) is 10.9. The molecule has 0 aliphatic rings. The highest BCUT2D eigenvalue weighted by Gasteiger charge is 2.27. The van der Waals surface area contributed by atoms with E-state index in [1.807, 2.05) is 0 Å². The van der Waals surface area contributed by atoms with Gasteiger partial charge in [-0.3, -0.25) is 0 Å². The molecule has 0 saturated carbocycles. The summed E-state index contributed by atoms with van der Waals surface area (Å²) in [6.45, 7) is 0. The normalized spacial score (nSPS) is 12.0. The van der Waals surface area contributed by atoms with E-state index in [0.29, 0.717) is 6.07 Å². The molecule has 0 fully saturated rings. The van der Waals surface area contributed by atoms with Crippen LogP contribution in [0.15, 0.2) is 23.1 Å². The molecule has 0 radical (unpaired) electrons. The largest absolute Gasteiger partial charge is 0.396 e. The maximum atomic E-state index is 12.7. The Bertz CT molecular complexity index is 444. The zero-order valence-electron chi connectivity index (χ0n) is 6.75. The standard InChI is InChI=1S/C7H6F3NO2S/c8-5-3-4(1-2-6(5)11)14(12,13)7(9)10/h1-3,7H,11H2. The number of anilines is 1. The summed E-state index contributed by atoms with van der Waals surface area (Å²) in [5, 5.41) is 0. The molecular weight excluding hydrogens is 219 g/mol. The Morgan fingerprint density at radius 3 is 2.29 bits per heavy atom.